The number of hydrogen-bond acceptors (Lipinski definition) is 4. The SMILES string of the molecule is CC(C)c1cc(C(C)C)c(-c2ccc(N(c3ccc(-c4c(C(C)C)cc(C(C)C)cc4C(C)C)cc3)c3ccc4c(c3)N(c3c(-c5ccccc5)cccc3-c3ccccc3)c3cc(C(C)(C)C)cc5c3B4c3ccc(N(c4ccc(-c6c(C(C)C)cc(C(C)C)cc6C(C)C)cc4)c4ccc(-c6c(C(C)C)cc(C(C)C)cc6C(C)C)cc4)cc3N5c3c(-c4ccccc4)cccc3-c3ccccc3)cc2)c(C(C)C)c1. The summed E-state index contributed by atoms with van der Waals surface area (Å²) in [5.74, 6) is 4.01. The topological polar surface area (TPSA) is 13.0 Å². The molecule has 0 fully saturated rings. The van der Waals surface area contributed by atoms with Gasteiger partial charge in [0.1, 0.15) is 0 Å². The van der Waals surface area contributed by atoms with Crippen molar-refractivity contribution in [2.24, 2.45) is 0 Å². The molecule has 0 aromatic heterocycles. The zero-order chi connectivity index (χ0) is 104. The molecule has 17 aromatic carbocycles. The van der Waals surface area contributed by atoms with Crippen LogP contribution in [-0.4, -0.2) is 6.71 Å². The van der Waals surface area contributed by atoms with Gasteiger partial charge in [-0.25, -0.2) is 0 Å². The predicted octanol–water partition coefficient (Wildman–Crippen LogP) is 40.8. The average Bonchev–Trinajstić information content (AvgIpc) is 0.683. The molecule has 0 N–H and O–H groups in total. The van der Waals surface area contributed by atoms with Crippen LogP contribution in [0.4, 0.5) is 68.2 Å². The Kier molecular flexibility index (Phi) is 28.9. The second kappa shape index (κ2) is 41.7. The highest BCUT2D eigenvalue weighted by atomic mass is 15.2. The summed E-state index contributed by atoms with van der Waals surface area (Å²) < 4.78 is 0. The summed E-state index contributed by atoms with van der Waals surface area (Å²) in [6, 6.07) is 138. The number of fused-ring (bicyclic) bond motifs is 4. The van der Waals surface area contributed by atoms with Crippen molar-refractivity contribution >= 4 is 91.3 Å². The quantitative estimate of drug-likeness (QED) is 0.0453. The smallest absolute Gasteiger partial charge is 0.252 e. The molecule has 4 nitrogen and oxygen atoms in total. The number of nitrogens with zero attached hydrogens (tertiary/aromatic N) is 4. The molecule has 0 spiro atoms. The first-order valence-electron chi connectivity index (χ1n) is 54.8. The van der Waals surface area contributed by atoms with Gasteiger partial charge < -0.3 is 19.6 Å². The minimum atomic E-state index is -0.398. The van der Waals surface area contributed by atoms with Gasteiger partial charge in [-0.2, -0.15) is 0 Å². The van der Waals surface area contributed by atoms with E-state index in [2.05, 4.69) is 558 Å². The minimum absolute atomic E-state index is 0.305. The Balaban J connectivity index is 0.930. The van der Waals surface area contributed by atoms with Crippen LogP contribution in [0.25, 0.3) is 89.0 Å². The van der Waals surface area contributed by atoms with Gasteiger partial charge in [0.15, 0.2) is 0 Å². The van der Waals surface area contributed by atoms with Gasteiger partial charge in [-0.3, -0.25) is 0 Å². The molecule has 0 bridgehead atoms. The second-order valence-corrected chi connectivity index (χ2v) is 46.6. The van der Waals surface area contributed by atoms with Crippen LogP contribution in [0.2, 0.25) is 0 Å². The van der Waals surface area contributed by atoms with Gasteiger partial charge in [-0.1, -0.05) is 454 Å². The number of anilines is 12. The number of hydrogen-bond donors (Lipinski definition) is 0. The maximum atomic E-state index is 2.75. The molecule has 0 saturated heterocycles. The largest absolute Gasteiger partial charge is 0.310 e. The van der Waals surface area contributed by atoms with Gasteiger partial charge in [0, 0.05) is 79.1 Å². The van der Waals surface area contributed by atoms with Crippen LogP contribution in [0.1, 0.15) is 330 Å². The van der Waals surface area contributed by atoms with E-state index in [0.717, 1.165) is 113 Å². The van der Waals surface area contributed by atoms with Gasteiger partial charge in [-0.15, -0.1) is 0 Å². The first kappa shape index (κ1) is 102. The summed E-state index contributed by atoms with van der Waals surface area (Å²) in [7, 11) is 0. The monoisotopic (exact) mass is 1920 g/mol. The van der Waals surface area contributed by atoms with Gasteiger partial charge in [0.05, 0.1) is 11.4 Å². The molecule has 0 amide bonds. The van der Waals surface area contributed by atoms with Crippen molar-refractivity contribution in [1.82, 2.24) is 0 Å². The molecular formula is C142H151BN4. The Bertz CT molecular complexity index is 6740. The van der Waals surface area contributed by atoms with Crippen LogP contribution < -0.4 is 36.0 Å². The lowest BCUT2D eigenvalue weighted by Crippen LogP contribution is -2.61. The highest BCUT2D eigenvalue weighted by molar-refractivity contribution is 7.00. The van der Waals surface area contributed by atoms with E-state index in [-0.39, 0.29) is 6.71 Å². The normalized spacial score (nSPS) is 12.6. The highest BCUT2D eigenvalue weighted by Gasteiger charge is 2.47. The van der Waals surface area contributed by atoms with Crippen LogP contribution in [0, 0.1) is 0 Å². The molecule has 0 unspecified atom stereocenters. The van der Waals surface area contributed by atoms with Crippen molar-refractivity contribution in [3.05, 3.63) is 424 Å². The summed E-state index contributed by atoms with van der Waals surface area (Å²) in [6.45, 7) is 63.6. The van der Waals surface area contributed by atoms with Crippen LogP contribution >= 0.6 is 0 Å². The molecule has 147 heavy (non-hydrogen) atoms. The maximum Gasteiger partial charge on any atom is 0.252 e. The summed E-state index contributed by atoms with van der Waals surface area (Å²) in [4.78, 5) is 10.6. The Morgan fingerprint density at radius 2 is 0.408 bits per heavy atom. The third-order valence-electron chi connectivity index (χ3n) is 31.5. The number of benzene rings is 17. The fourth-order valence-corrected chi connectivity index (χ4v) is 23.3. The zero-order valence-corrected chi connectivity index (χ0v) is 92.3. The molecular weight excluding hydrogens is 1770 g/mol. The van der Waals surface area contributed by atoms with E-state index in [1.807, 2.05) is 0 Å². The van der Waals surface area contributed by atoms with Crippen LogP contribution in [0.3, 0.4) is 0 Å². The van der Waals surface area contributed by atoms with Crippen LogP contribution in [0.5, 0.6) is 0 Å². The lowest BCUT2D eigenvalue weighted by molar-refractivity contribution is 0.590. The summed E-state index contributed by atoms with van der Waals surface area (Å²) in [5, 5.41) is 0. The molecule has 742 valence electrons. The van der Waals surface area contributed by atoms with Crippen LogP contribution in [0.15, 0.2) is 352 Å². The molecule has 5 heteroatoms. The summed E-state index contributed by atoms with van der Waals surface area (Å²) in [5.41, 5.74) is 53.6. The van der Waals surface area contributed by atoms with E-state index < -0.39 is 5.41 Å². The third-order valence-corrected chi connectivity index (χ3v) is 31.5. The molecule has 0 aliphatic carbocycles. The van der Waals surface area contributed by atoms with E-state index in [9.17, 15) is 0 Å². The van der Waals surface area contributed by atoms with E-state index in [1.54, 1.807) is 0 Å². The van der Waals surface area contributed by atoms with Crippen molar-refractivity contribution < 1.29 is 0 Å². The fraction of sp³-hybridized carbons (Fsp3) is 0.282. The average molecular weight is 1920 g/mol. The third kappa shape index (κ3) is 19.5. The molecule has 2 heterocycles. The van der Waals surface area contributed by atoms with Crippen molar-refractivity contribution in [2.45, 2.75) is 263 Å². The molecule has 17 aromatic rings. The minimum Gasteiger partial charge on any atom is -0.310 e. The molecule has 19 rings (SSSR count). The van der Waals surface area contributed by atoms with E-state index >= 15 is 0 Å². The number of rotatable bonds is 28. The van der Waals surface area contributed by atoms with E-state index in [0.29, 0.717) is 71.0 Å². The highest BCUT2D eigenvalue weighted by Crippen LogP contribution is 2.58. The lowest BCUT2D eigenvalue weighted by atomic mass is 9.33. The van der Waals surface area contributed by atoms with E-state index in [1.165, 1.54) is 133 Å². The van der Waals surface area contributed by atoms with Gasteiger partial charge in [-0.05, 0) is 317 Å². The first-order chi connectivity index (χ1) is 70.5. The Morgan fingerprint density at radius 3 is 0.605 bits per heavy atom. The fourth-order valence-electron chi connectivity index (χ4n) is 23.3. The van der Waals surface area contributed by atoms with Gasteiger partial charge in [0.25, 0.3) is 6.71 Å². The molecule has 0 atom stereocenters. The Labute approximate surface area is 881 Å². The molecule has 0 radical (unpaired) electrons. The standard InChI is InChI=1S/C142H151BN4/c1-86(2)106-74-121(90(9)10)135(122(75-106)91(11)12)102-54-62-111(63-55-102)144(112-64-56-103(57-65-112)136-123(92(13)14)76-107(87(3)4)77-124(136)93(15)16)115-70-72-129-131(84-115)146(140-117(98-42-32-28-33-43-98)50-40-51-118(140)99-44-34-29-35-45-99)133-82-110(142(25,26)27)83-134-139(133)143(129)130-73-71-116(85-132(130)147(134)141-119(100-46-36-30-37-47-100)52-41-53-120(141)101-48-38-31-39-49-101)145(113-66-58-104(59-67-113)137-125(94(17)18)78-108(88(5)6)79-126(137)95(19)20)114-68-60-105(61-69-114)138-127(96(21)22)80-109(89(7)8)81-128(138)97(23)24/h28-97H,1-27H3. The number of para-hydroxylation sites is 2. The maximum absolute atomic E-state index is 2.75. The van der Waals surface area contributed by atoms with Crippen molar-refractivity contribution in [3.63, 3.8) is 0 Å². The zero-order valence-electron chi connectivity index (χ0n) is 92.3. The Hall–Kier alpha value is -14.0. The Morgan fingerprint density at radius 1 is 0.197 bits per heavy atom. The van der Waals surface area contributed by atoms with Crippen LogP contribution in [-0.2, 0) is 5.41 Å². The van der Waals surface area contributed by atoms with Gasteiger partial charge >= 0.3 is 0 Å². The first-order valence-corrected chi connectivity index (χ1v) is 54.8. The van der Waals surface area contributed by atoms with Crippen molar-refractivity contribution in [3.8, 4) is 89.0 Å². The summed E-state index contributed by atoms with van der Waals surface area (Å²) in [6.07, 6.45) is 0. The van der Waals surface area contributed by atoms with Crippen molar-refractivity contribution in [2.75, 3.05) is 19.6 Å². The van der Waals surface area contributed by atoms with E-state index in [4.69, 9.17) is 0 Å². The van der Waals surface area contributed by atoms with Crippen molar-refractivity contribution in [1.29, 1.82) is 0 Å². The molecule has 2 aliphatic rings. The second-order valence-electron chi connectivity index (χ2n) is 46.6. The predicted molar refractivity (Wildman–Crippen MR) is 641 cm³/mol. The molecule has 2 aliphatic heterocycles. The summed E-state index contributed by atoms with van der Waals surface area (Å²) >= 11 is 0. The lowest BCUT2D eigenvalue weighted by Gasteiger charge is -2.47. The van der Waals surface area contributed by atoms with Gasteiger partial charge in [0.2, 0.25) is 0 Å². The molecule has 0 saturated carbocycles.